The molecule has 2 aliphatic carbocycles. The second-order valence-corrected chi connectivity index (χ2v) is 10.1. The summed E-state index contributed by atoms with van der Waals surface area (Å²) in [4.78, 5) is 12.7. The van der Waals surface area contributed by atoms with Crippen molar-refractivity contribution in [2.75, 3.05) is 0 Å². The van der Waals surface area contributed by atoms with Crippen LogP contribution in [0.2, 0.25) is 0 Å². The van der Waals surface area contributed by atoms with Crippen LogP contribution in [0.3, 0.4) is 0 Å². The van der Waals surface area contributed by atoms with Gasteiger partial charge in [0, 0.05) is 17.2 Å². The summed E-state index contributed by atoms with van der Waals surface area (Å²) >= 11 is 0. The third-order valence-corrected chi connectivity index (χ3v) is 7.88. The number of fused-ring (bicyclic) bond motifs is 6. The first kappa shape index (κ1) is 22.5. The zero-order valence-corrected chi connectivity index (χ0v) is 21.3. The van der Waals surface area contributed by atoms with Gasteiger partial charge in [0.1, 0.15) is 5.75 Å². The van der Waals surface area contributed by atoms with Gasteiger partial charge in [-0.25, -0.2) is 4.79 Å². The molecule has 0 heterocycles. The van der Waals surface area contributed by atoms with Gasteiger partial charge in [-0.1, -0.05) is 91.5 Å². The van der Waals surface area contributed by atoms with E-state index in [2.05, 4.69) is 111 Å². The predicted molar refractivity (Wildman–Crippen MR) is 154 cm³/mol. The van der Waals surface area contributed by atoms with Crippen molar-refractivity contribution in [3.63, 3.8) is 0 Å². The van der Waals surface area contributed by atoms with Gasteiger partial charge >= 0.3 is 5.97 Å². The fourth-order valence-corrected chi connectivity index (χ4v) is 6.24. The molecule has 0 saturated heterocycles. The summed E-state index contributed by atoms with van der Waals surface area (Å²) in [5, 5.41) is 0. The molecule has 2 heteroatoms. The van der Waals surface area contributed by atoms with Crippen LogP contribution in [-0.4, -0.2) is 5.97 Å². The highest BCUT2D eigenvalue weighted by atomic mass is 16.5. The van der Waals surface area contributed by atoms with Crippen LogP contribution in [0.15, 0.2) is 110 Å². The average molecular weight is 491 g/mol. The van der Waals surface area contributed by atoms with Crippen molar-refractivity contribution in [1.82, 2.24) is 0 Å². The van der Waals surface area contributed by atoms with Gasteiger partial charge in [0.05, 0.1) is 0 Å². The number of hydrogen-bond donors (Lipinski definition) is 0. The second kappa shape index (κ2) is 8.71. The fourth-order valence-electron chi connectivity index (χ4n) is 6.24. The number of carbonyl (C=O) groups is 1. The van der Waals surface area contributed by atoms with Crippen molar-refractivity contribution in [2.24, 2.45) is 0 Å². The van der Waals surface area contributed by atoms with Crippen LogP contribution in [-0.2, 0) is 17.6 Å². The highest BCUT2D eigenvalue weighted by Crippen LogP contribution is 2.49. The van der Waals surface area contributed by atoms with Gasteiger partial charge < -0.3 is 4.74 Å². The fraction of sp³-hybridized carbons (Fsp3) is 0.0833. The third kappa shape index (κ3) is 3.45. The molecule has 5 aromatic carbocycles. The van der Waals surface area contributed by atoms with E-state index in [1.165, 1.54) is 50.6 Å². The molecule has 0 amide bonds. The lowest BCUT2D eigenvalue weighted by atomic mass is 9.88. The minimum atomic E-state index is -0.455. The monoisotopic (exact) mass is 490 g/mol. The van der Waals surface area contributed by atoms with Crippen LogP contribution in [0.5, 0.6) is 5.75 Å². The molecule has 2 aliphatic rings. The maximum atomic E-state index is 12.7. The summed E-state index contributed by atoms with van der Waals surface area (Å²) in [5.41, 5.74) is 15.4. The highest BCUT2D eigenvalue weighted by molar-refractivity contribution is 5.95. The Hall–Kier alpha value is -4.69. The van der Waals surface area contributed by atoms with Gasteiger partial charge in [-0.3, -0.25) is 0 Å². The predicted octanol–water partition coefficient (Wildman–Crippen LogP) is 8.56. The number of rotatable bonds is 4. The largest absolute Gasteiger partial charge is 0.422 e. The SMILES string of the molecule is C=CC(=O)Oc1c(-c2cccc3c2Cc2ccccc2-3)cc(C)cc1-c1cccc2c1Cc1ccccc1-2. The van der Waals surface area contributed by atoms with E-state index >= 15 is 0 Å². The van der Waals surface area contributed by atoms with Crippen molar-refractivity contribution in [3.8, 4) is 50.3 Å². The van der Waals surface area contributed by atoms with Gasteiger partial charge in [-0.2, -0.15) is 0 Å². The summed E-state index contributed by atoms with van der Waals surface area (Å²) in [5.74, 6) is 0.136. The Morgan fingerprint density at radius 1 is 0.632 bits per heavy atom. The van der Waals surface area contributed by atoms with E-state index in [1.807, 2.05) is 0 Å². The zero-order chi connectivity index (χ0) is 25.8. The maximum Gasteiger partial charge on any atom is 0.335 e. The smallest absolute Gasteiger partial charge is 0.335 e. The van der Waals surface area contributed by atoms with Gasteiger partial charge in [-0.05, 0) is 93.1 Å². The molecular formula is C36H26O2. The first-order valence-corrected chi connectivity index (χ1v) is 13.0. The lowest BCUT2D eigenvalue weighted by Crippen LogP contribution is -2.07. The van der Waals surface area contributed by atoms with E-state index in [4.69, 9.17) is 4.74 Å². The lowest BCUT2D eigenvalue weighted by Gasteiger charge is -2.20. The van der Waals surface area contributed by atoms with E-state index < -0.39 is 5.97 Å². The first-order chi connectivity index (χ1) is 18.6. The van der Waals surface area contributed by atoms with Crippen LogP contribution in [0.25, 0.3) is 44.5 Å². The topological polar surface area (TPSA) is 26.3 Å². The van der Waals surface area contributed by atoms with Crippen molar-refractivity contribution in [3.05, 3.63) is 138 Å². The lowest BCUT2D eigenvalue weighted by molar-refractivity contribution is -0.128. The van der Waals surface area contributed by atoms with E-state index in [0.29, 0.717) is 5.75 Å². The number of benzene rings is 5. The van der Waals surface area contributed by atoms with Gasteiger partial charge in [0.15, 0.2) is 0 Å². The Labute approximate surface area is 222 Å². The molecule has 0 unspecified atom stereocenters. The van der Waals surface area contributed by atoms with Crippen LogP contribution in [0.1, 0.15) is 27.8 Å². The van der Waals surface area contributed by atoms with E-state index in [-0.39, 0.29) is 0 Å². The number of aryl methyl sites for hydroxylation is 1. The molecule has 0 bridgehead atoms. The molecule has 0 radical (unpaired) electrons. The normalized spacial score (nSPS) is 12.3. The van der Waals surface area contributed by atoms with Crippen LogP contribution < -0.4 is 4.74 Å². The summed E-state index contributed by atoms with van der Waals surface area (Å²) in [6.45, 7) is 5.79. The summed E-state index contributed by atoms with van der Waals surface area (Å²) in [6.07, 6.45) is 2.95. The molecule has 0 atom stereocenters. The van der Waals surface area contributed by atoms with Crippen LogP contribution in [0.4, 0.5) is 0 Å². The van der Waals surface area contributed by atoms with Crippen molar-refractivity contribution >= 4 is 5.97 Å². The molecular weight excluding hydrogens is 464 g/mol. The van der Waals surface area contributed by atoms with Crippen molar-refractivity contribution < 1.29 is 9.53 Å². The molecule has 0 aromatic heterocycles. The maximum absolute atomic E-state index is 12.7. The number of ether oxygens (including phenoxy) is 1. The Balaban J connectivity index is 1.47. The Kier molecular flexibility index (Phi) is 5.16. The van der Waals surface area contributed by atoms with E-state index in [1.54, 1.807) is 0 Å². The second-order valence-electron chi connectivity index (χ2n) is 10.1. The Morgan fingerprint density at radius 2 is 1.05 bits per heavy atom. The van der Waals surface area contributed by atoms with Gasteiger partial charge in [-0.15, -0.1) is 0 Å². The van der Waals surface area contributed by atoms with Gasteiger partial charge in [0.2, 0.25) is 0 Å². The highest BCUT2D eigenvalue weighted by Gasteiger charge is 2.27. The third-order valence-electron chi connectivity index (χ3n) is 7.88. The molecule has 7 rings (SSSR count). The molecule has 0 saturated carbocycles. The summed E-state index contributed by atoms with van der Waals surface area (Å²) in [7, 11) is 0. The van der Waals surface area contributed by atoms with Crippen molar-refractivity contribution in [1.29, 1.82) is 0 Å². The molecule has 0 aliphatic heterocycles. The van der Waals surface area contributed by atoms with Crippen LogP contribution in [0, 0.1) is 6.92 Å². The Morgan fingerprint density at radius 3 is 1.53 bits per heavy atom. The molecule has 5 aromatic rings. The minimum absolute atomic E-state index is 0.455. The standard InChI is InChI=1S/C36H26O2/c1-3-35(37)38-36-33(29-16-8-14-27-25-12-6-4-10-23(25)20-31(27)29)18-22(2)19-34(36)30-17-9-15-28-26-13-7-5-11-24(26)21-32(28)30/h3-19H,1,20-21H2,2H3. The van der Waals surface area contributed by atoms with Crippen LogP contribution >= 0.6 is 0 Å². The quantitative estimate of drug-likeness (QED) is 0.140. The molecule has 182 valence electrons. The number of esters is 1. The van der Waals surface area contributed by atoms with Gasteiger partial charge in [0.25, 0.3) is 0 Å². The zero-order valence-electron chi connectivity index (χ0n) is 21.3. The van der Waals surface area contributed by atoms with E-state index in [0.717, 1.165) is 40.7 Å². The summed E-state index contributed by atoms with van der Waals surface area (Å²) in [6, 6.07) is 34.4. The number of hydrogen-bond acceptors (Lipinski definition) is 2. The molecule has 38 heavy (non-hydrogen) atoms. The summed E-state index contributed by atoms with van der Waals surface area (Å²) < 4.78 is 6.11. The Bertz CT molecular complexity index is 1670. The average Bonchev–Trinajstić information content (AvgIpc) is 3.52. The minimum Gasteiger partial charge on any atom is -0.422 e. The molecule has 0 fully saturated rings. The number of carbonyl (C=O) groups excluding carboxylic acids is 1. The first-order valence-electron chi connectivity index (χ1n) is 13.0. The molecule has 0 spiro atoms. The van der Waals surface area contributed by atoms with Crippen molar-refractivity contribution in [2.45, 2.75) is 19.8 Å². The molecule has 2 nitrogen and oxygen atoms in total. The molecule has 0 N–H and O–H groups in total. The van der Waals surface area contributed by atoms with E-state index in [9.17, 15) is 4.79 Å².